The molecule has 2 aromatic carbocycles. The third kappa shape index (κ3) is 9.16. The van der Waals surface area contributed by atoms with Crippen LogP contribution >= 0.6 is 35.6 Å². The number of nitrogens with zero attached hydrogens (tertiary/aromatic N) is 4. The van der Waals surface area contributed by atoms with Gasteiger partial charge >= 0.3 is 0 Å². The minimum atomic E-state index is -0.341. The van der Waals surface area contributed by atoms with Crippen LogP contribution in [-0.2, 0) is 17.8 Å². The predicted molar refractivity (Wildman–Crippen MR) is 194 cm³/mol. The van der Waals surface area contributed by atoms with E-state index in [0.29, 0.717) is 52.7 Å². The number of carbonyl (C=O) groups excluding carboxylic acids is 1. The third-order valence-corrected chi connectivity index (χ3v) is 8.50. The second-order valence-corrected chi connectivity index (χ2v) is 11.3. The molecule has 1 amide bonds. The molecule has 4 aromatic rings. The SMILES string of the molecule is C=CC(=O)Nc1cccc(CCn2c(=O)c(-c3c(Cl)c(OC)cc(OC)c3Cl)cc3cnc(NCCCCN(CC)CC)nc32)c1.Cl. The summed E-state index contributed by atoms with van der Waals surface area (Å²) in [6.07, 6.45) is 5.37. The summed E-state index contributed by atoms with van der Waals surface area (Å²) in [6, 6.07) is 10.7. The highest BCUT2D eigenvalue weighted by atomic mass is 35.5. The molecule has 0 unspecified atom stereocenters. The van der Waals surface area contributed by atoms with E-state index in [0.717, 1.165) is 38.0 Å². The van der Waals surface area contributed by atoms with Gasteiger partial charge in [-0.1, -0.05) is 55.8 Å². The topological polar surface area (TPSA) is 111 Å². The molecule has 0 fully saturated rings. The third-order valence-electron chi connectivity index (χ3n) is 7.75. The number of anilines is 2. The molecule has 10 nitrogen and oxygen atoms in total. The summed E-state index contributed by atoms with van der Waals surface area (Å²) in [5.74, 6) is 0.766. The van der Waals surface area contributed by atoms with Crippen molar-refractivity contribution in [2.75, 3.05) is 51.0 Å². The van der Waals surface area contributed by atoms with Gasteiger partial charge in [0.2, 0.25) is 11.9 Å². The van der Waals surface area contributed by atoms with Crippen molar-refractivity contribution in [3.05, 3.63) is 81.2 Å². The molecule has 0 saturated carbocycles. The fourth-order valence-electron chi connectivity index (χ4n) is 5.19. The van der Waals surface area contributed by atoms with Crippen molar-refractivity contribution in [3.63, 3.8) is 0 Å². The second-order valence-electron chi connectivity index (χ2n) is 10.6. The molecular formula is C34H41Cl3N6O4. The first-order chi connectivity index (χ1) is 22.2. The van der Waals surface area contributed by atoms with E-state index in [1.165, 1.54) is 20.3 Å². The van der Waals surface area contributed by atoms with Gasteiger partial charge in [-0.05, 0) is 68.7 Å². The zero-order chi connectivity index (χ0) is 33.2. The van der Waals surface area contributed by atoms with Crippen molar-refractivity contribution in [2.45, 2.75) is 39.7 Å². The summed E-state index contributed by atoms with van der Waals surface area (Å²) >= 11 is 13.5. The van der Waals surface area contributed by atoms with E-state index >= 15 is 0 Å². The Bertz CT molecular complexity index is 1730. The Morgan fingerprint density at radius 2 is 1.77 bits per heavy atom. The molecule has 2 heterocycles. The summed E-state index contributed by atoms with van der Waals surface area (Å²) in [7, 11) is 2.96. The molecule has 0 saturated heterocycles. The average Bonchev–Trinajstić information content (AvgIpc) is 3.06. The predicted octanol–water partition coefficient (Wildman–Crippen LogP) is 7.11. The van der Waals surface area contributed by atoms with E-state index in [1.807, 2.05) is 18.2 Å². The number of rotatable bonds is 16. The number of ether oxygens (including phenoxy) is 2. The Morgan fingerprint density at radius 3 is 2.40 bits per heavy atom. The van der Waals surface area contributed by atoms with Crippen molar-refractivity contribution >= 4 is 64.2 Å². The molecule has 252 valence electrons. The van der Waals surface area contributed by atoms with Crippen LogP contribution in [0.4, 0.5) is 11.6 Å². The molecule has 4 rings (SSSR count). The first-order valence-corrected chi connectivity index (χ1v) is 16.0. The van der Waals surface area contributed by atoms with E-state index in [-0.39, 0.29) is 46.0 Å². The lowest BCUT2D eigenvalue weighted by molar-refractivity contribution is -0.111. The number of benzene rings is 2. The standard InChI is InChI=1S/C34H40Cl2N6O4.ClH/c1-6-28(43)39-24-13-11-12-22(18-24)14-17-42-32-23(21-38-34(40-32)37-15-9-10-16-41(7-2)8-3)19-25(33(42)44)29-30(35)26(45-4)20-27(46-5)31(29)36;/h6,11-13,18-21H,1,7-10,14-17H2,2-5H3,(H,39,43)(H,37,38,40);1H. The number of nitrogens with one attached hydrogen (secondary N) is 2. The number of aromatic nitrogens is 3. The summed E-state index contributed by atoms with van der Waals surface area (Å²) in [5.41, 5.74) is 2.22. The summed E-state index contributed by atoms with van der Waals surface area (Å²) in [5, 5.41) is 7.09. The fraction of sp³-hybridized carbons (Fsp3) is 0.353. The molecule has 2 N–H and O–H groups in total. The van der Waals surface area contributed by atoms with Crippen molar-refractivity contribution < 1.29 is 14.3 Å². The monoisotopic (exact) mass is 702 g/mol. The normalized spacial score (nSPS) is 10.9. The lowest BCUT2D eigenvalue weighted by Crippen LogP contribution is -2.25. The van der Waals surface area contributed by atoms with Crippen LogP contribution in [0.15, 0.2) is 60.0 Å². The lowest BCUT2D eigenvalue weighted by atomic mass is 10.0. The van der Waals surface area contributed by atoms with Gasteiger partial charge in [-0.2, -0.15) is 4.98 Å². The van der Waals surface area contributed by atoms with E-state index in [2.05, 4.69) is 40.9 Å². The smallest absolute Gasteiger partial charge is 0.260 e. The van der Waals surface area contributed by atoms with Gasteiger partial charge < -0.3 is 25.0 Å². The maximum Gasteiger partial charge on any atom is 0.260 e. The van der Waals surface area contributed by atoms with Gasteiger partial charge in [0.15, 0.2) is 0 Å². The Balaban J connectivity index is 0.00000600. The molecule has 0 aliphatic rings. The molecule has 2 aromatic heterocycles. The number of methoxy groups -OCH3 is 2. The Hall–Kier alpha value is -3.83. The molecule has 0 atom stereocenters. The number of hydrogen-bond donors (Lipinski definition) is 2. The van der Waals surface area contributed by atoms with Gasteiger partial charge in [-0.3, -0.25) is 14.2 Å². The van der Waals surface area contributed by atoms with Crippen LogP contribution < -0.4 is 25.7 Å². The van der Waals surface area contributed by atoms with E-state index < -0.39 is 0 Å². The average molecular weight is 704 g/mol. The number of carbonyl (C=O) groups is 1. The molecule has 0 bridgehead atoms. The summed E-state index contributed by atoms with van der Waals surface area (Å²) < 4.78 is 12.5. The van der Waals surface area contributed by atoms with Crippen molar-refractivity contribution in [3.8, 4) is 22.6 Å². The number of fused-ring (bicyclic) bond motifs is 1. The number of unbranched alkanes of at least 4 members (excludes halogenated alkanes) is 1. The van der Waals surface area contributed by atoms with Crippen LogP contribution in [0.5, 0.6) is 11.5 Å². The maximum absolute atomic E-state index is 14.3. The van der Waals surface area contributed by atoms with Crippen molar-refractivity contribution in [1.82, 2.24) is 19.4 Å². The second kappa shape index (κ2) is 17.9. The van der Waals surface area contributed by atoms with Crippen LogP contribution in [0, 0.1) is 0 Å². The first-order valence-electron chi connectivity index (χ1n) is 15.2. The Kier molecular flexibility index (Phi) is 14.3. The van der Waals surface area contributed by atoms with Crippen LogP contribution in [0.25, 0.3) is 22.2 Å². The van der Waals surface area contributed by atoms with Gasteiger partial charge in [-0.15, -0.1) is 12.4 Å². The maximum atomic E-state index is 14.3. The van der Waals surface area contributed by atoms with Gasteiger partial charge in [0.25, 0.3) is 5.56 Å². The number of amides is 1. The highest BCUT2D eigenvalue weighted by Gasteiger charge is 2.23. The van der Waals surface area contributed by atoms with Gasteiger partial charge in [0.1, 0.15) is 17.1 Å². The molecule has 0 radical (unpaired) electrons. The number of hydrogen-bond acceptors (Lipinski definition) is 8. The summed E-state index contributed by atoms with van der Waals surface area (Å²) in [4.78, 5) is 37.9. The quantitative estimate of drug-likeness (QED) is 0.0939. The Labute approximate surface area is 291 Å². The van der Waals surface area contributed by atoms with E-state index in [9.17, 15) is 9.59 Å². The molecule has 0 aliphatic heterocycles. The number of halogens is 3. The highest BCUT2D eigenvalue weighted by Crippen LogP contribution is 2.45. The van der Waals surface area contributed by atoms with Crippen molar-refractivity contribution in [2.24, 2.45) is 0 Å². The van der Waals surface area contributed by atoms with Crippen molar-refractivity contribution in [1.29, 1.82) is 0 Å². The highest BCUT2D eigenvalue weighted by molar-refractivity contribution is 6.41. The molecule has 0 aliphatic carbocycles. The van der Waals surface area contributed by atoms with Crippen LogP contribution in [0.1, 0.15) is 32.3 Å². The molecule has 47 heavy (non-hydrogen) atoms. The largest absolute Gasteiger partial charge is 0.495 e. The number of aryl methyl sites for hydroxylation is 2. The first kappa shape index (κ1) is 37.6. The van der Waals surface area contributed by atoms with Gasteiger partial charge in [0.05, 0.1) is 29.8 Å². The zero-order valence-electron chi connectivity index (χ0n) is 27.1. The minimum Gasteiger partial charge on any atom is -0.495 e. The van der Waals surface area contributed by atoms with Gasteiger partial charge in [-0.25, -0.2) is 4.98 Å². The van der Waals surface area contributed by atoms with Crippen LogP contribution in [0.2, 0.25) is 10.0 Å². The van der Waals surface area contributed by atoms with Gasteiger partial charge in [0, 0.05) is 42.0 Å². The fourth-order valence-corrected chi connectivity index (χ4v) is 5.90. The minimum absolute atomic E-state index is 0. The van der Waals surface area contributed by atoms with E-state index in [1.54, 1.807) is 29.0 Å². The zero-order valence-corrected chi connectivity index (χ0v) is 29.4. The molecular weight excluding hydrogens is 663 g/mol. The van der Waals surface area contributed by atoms with E-state index in [4.69, 9.17) is 37.7 Å². The molecule has 13 heteroatoms. The Morgan fingerprint density at radius 1 is 1.06 bits per heavy atom. The molecule has 0 spiro atoms. The summed E-state index contributed by atoms with van der Waals surface area (Å²) in [6.45, 7) is 11.9. The van der Waals surface area contributed by atoms with Crippen LogP contribution in [0.3, 0.4) is 0 Å². The lowest BCUT2D eigenvalue weighted by Gasteiger charge is -2.18. The number of pyridine rings is 1. The van der Waals surface area contributed by atoms with Crippen LogP contribution in [-0.4, -0.2) is 65.7 Å².